The summed E-state index contributed by atoms with van der Waals surface area (Å²) >= 11 is 0. The van der Waals surface area contributed by atoms with Gasteiger partial charge in [0.1, 0.15) is 0 Å². The second-order valence-electron chi connectivity index (χ2n) is 5.21. The quantitative estimate of drug-likeness (QED) is 0.846. The summed E-state index contributed by atoms with van der Waals surface area (Å²) < 4.78 is 0. The van der Waals surface area contributed by atoms with Crippen molar-refractivity contribution >= 4 is 5.57 Å². The largest absolute Gasteiger partial charge is 0.327 e. The molecule has 1 heteroatoms. The van der Waals surface area contributed by atoms with Gasteiger partial charge in [0.25, 0.3) is 0 Å². The van der Waals surface area contributed by atoms with Gasteiger partial charge in [-0.1, -0.05) is 60.7 Å². The van der Waals surface area contributed by atoms with Gasteiger partial charge in [0.15, 0.2) is 0 Å². The number of nitrogens with two attached hydrogens (primary N) is 1. The normalized spacial score (nSPS) is 19.0. The first-order valence-corrected chi connectivity index (χ1v) is 6.93. The summed E-state index contributed by atoms with van der Waals surface area (Å²) in [4.78, 5) is 0. The maximum atomic E-state index is 5.93. The average molecular weight is 249 g/mol. The average Bonchev–Trinajstić information content (AvgIpc) is 2.49. The number of hydrogen-bond acceptors (Lipinski definition) is 1. The van der Waals surface area contributed by atoms with E-state index >= 15 is 0 Å². The van der Waals surface area contributed by atoms with Crippen LogP contribution in [0, 0.1) is 0 Å². The van der Waals surface area contributed by atoms with Gasteiger partial charge in [-0.3, -0.25) is 0 Å². The summed E-state index contributed by atoms with van der Waals surface area (Å²) in [6.07, 6.45) is 5.51. The highest BCUT2D eigenvalue weighted by molar-refractivity contribution is 5.70. The van der Waals surface area contributed by atoms with Gasteiger partial charge < -0.3 is 5.73 Å². The van der Waals surface area contributed by atoms with Crippen LogP contribution in [0.15, 0.2) is 60.7 Å². The minimum Gasteiger partial charge on any atom is -0.327 e. The van der Waals surface area contributed by atoms with Crippen molar-refractivity contribution in [3.05, 3.63) is 66.2 Å². The smallest absolute Gasteiger partial charge is 0.00767 e. The van der Waals surface area contributed by atoms with E-state index in [1.807, 2.05) is 6.07 Å². The zero-order chi connectivity index (χ0) is 13.1. The van der Waals surface area contributed by atoms with Gasteiger partial charge in [0, 0.05) is 6.04 Å². The van der Waals surface area contributed by atoms with Gasteiger partial charge in [0.2, 0.25) is 0 Å². The summed E-state index contributed by atoms with van der Waals surface area (Å²) in [5.74, 6) is 0. The van der Waals surface area contributed by atoms with Gasteiger partial charge in [-0.05, 0) is 41.5 Å². The van der Waals surface area contributed by atoms with E-state index in [9.17, 15) is 0 Å². The van der Waals surface area contributed by atoms with Gasteiger partial charge in [-0.2, -0.15) is 0 Å². The monoisotopic (exact) mass is 249 g/mol. The Labute approximate surface area is 114 Å². The van der Waals surface area contributed by atoms with E-state index in [0.717, 1.165) is 19.3 Å². The molecule has 1 aliphatic carbocycles. The third-order valence-corrected chi connectivity index (χ3v) is 3.81. The second-order valence-corrected chi connectivity index (χ2v) is 5.21. The van der Waals surface area contributed by atoms with Crippen molar-refractivity contribution in [2.45, 2.75) is 25.3 Å². The van der Waals surface area contributed by atoms with Crippen molar-refractivity contribution < 1.29 is 0 Å². The predicted octanol–water partition coefficient (Wildman–Crippen LogP) is 4.25. The van der Waals surface area contributed by atoms with Crippen LogP contribution in [0.4, 0.5) is 0 Å². The van der Waals surface area contributed by atoms with E-state index in [2.05, 4.69) is 54.6 Å². The maximum absolute atomic E-state index is 5.93. The summed E-state index contributed by atoms with van der Waals surface area (Å²) in [6, 6.07) is 19.7. The molecular formula is C18H19N. The molecule has 1 atom stereocenters. The SMILES string of the molecule is NC1CC=C(c2ccc(-c3ccccc3)cc2)CC1. The van der Waals surface area contributed by atoms with Crippen molar-refractivity contribution in [2.24, 2.45) is 5.73 Å². The lowest BCUT2D eigenvalue weighted by Gasteiger charge is -2.18. The first-order chi connectivity index (χ1) is 9.33. The Morgan fingerprint density at radius 2 is 1.42 bits per heavy atom. The predicted molar refractivity (Wildman–Crippen MR) is 81.7 cm³/mol. The van der Waals surface area contributed by atoms with Crippen LogP contribution < -0.4 is 5.73 Å². The minimum atomic E-state index is 0.354. The zero-order valence-electron chi connectivity index (χ0n) is 11.0. The molecule has 0 fully saturated rings. The fourth-order valence-electron chi connectivity index (χ4n) is 2.62. The molecule has 2 aromatic rings. The van der Waals surface area contributed by atoms with Crippen molar-refractivity contribution in [1.29, 1.82) is 0 Å². The number of allylic oxidation sites excluding steroid dienone is 1. The van der Waals surface area contributed by atoms with Crippen LogP contribution in [0.2, 0.25) is 0 Å². The van der Waals surface area contributed by atoms with Crippen molar-refractivity contribution in [2.75, 3.05) is 0 Å². The Kier molecular flexibility index (Phi) is 3.47. The highest BCUT2D eigenvalue weighted by Gasteiger charge is 2.11. The van der Waals surface area contributed by atoms with E-state index in [4.69, 9.17) is 5.73 Å². The molecule has 1 aliphatic rings. The summed E-state index contributed by atoms with van der Waals surface area (Å²) in [6.45, 7) is 0. The molecule has 0 radical (unpaired) electrons. The highest BCUT2D eigenvalue weighted by atomic mass is 14.6. The lowest BCUT2D eigenvalue weighted by molar-refractivity contribution is 0.614. The number of rotatable bonds is 2. The standard InChI is InChI=1S/C18H19N/c19-18-12-10-17(11-13-18)16-8-6-15(7-9-16)14-4-2-1-3-5-14/h1-10,18H,11-13,19H2. The van der Waals surface area contributed by atoms with Crippen molar-refractivity contribution in [1.82, 2.24) is 0 Å². The van der Waals surface area contributed by atoms with Crippen molar-refractivity contribution in [3.8, 4) is 11.1 Å². The molecule has 96 valence electrons. The van der Waals surface area contributed by atoms with Crippen LogP contribution in [-0.4, -0.2) is 6.04 Å². The lowest BCUT2D eigenvalue weighted by atomic mass is 9.90. The fourth-order valence-corrected chi connectivity index (χ4v) is 2.62. The van der Waals surface area contributed by atoms with Gasteiger partial charge in [-0.15, -0.1) is 0 Å². The molecule has 0 aromatic heterocycles. The molecule has 0 heterocycles. The number of hydrogen-bond donors (Lipinski definition) is 1. The minimum absolute atomic E-state index is 0.354. The summed E-state index contributed by atoms with van der Waals surface area (Å²) in [7, 11) is 0. The topological polar surface area (TPSA) is 26.0 Å². The van der Waals surface area contributed by atoms with E-state index < -0.39 is 0 Å². The van der Waals surface area contributed by atoms with Crippen molar-refractivity contribution in [3.63, 3.8) is 0 Å². The molecule has 2 aromatic carbocycles. The van der Waals surface area contributed by atoms with E-state index in [1.54, 1.807) is 0 Å². The van der Waals surface area contributed by atoms with Crippen LogP contribution in [0.3, 0.4) is 0 Å². The van der Waals surface area contributed by atoms with Gasteiger partial charge in [0.05, 0.1) is 0 Å². The van der Waals surface area contributed by atoms with Crippen LogP contribution in [0.25, 0.3) is 16.7 Å². The van der Waals surface area contributed by atoms with Crippen LogP contribution >= 0.6 is 0 Å². The molecule has 0 amide bonds. The van der Waals surface area contributed by atoms with E-state index in [1.165, 1.54) is 22.3 Å². The van der Waals surface area contributed by atoms with E-state index in [-0.39, 0.29) is 0 Å². The Morgan fingerprint density at radius 1 is 0.789 bits per heavy atom. The van der Waals surface area contributed by atoms with E-state index in [0.29, 0.717) is 6.04 Å². The zero-order valence-corrected chi connectivity index (χ0v) is 11.0. The molecular weight excluding hydrogens is 230 g/mol. The van der Waals surface area contributed by atoms with Gasteiger partial charge >= 0.3 is 0 Å². The van der Waals surface area contributed by atoms with Crippen LogP contribution in [-0.2, 0) is 0 Å². The lowest BCUT2D eigenvalue weighted by Crippen LogP contribution is -2.21. The Balaban J connectivity index is 1.84. The number of benzene rings is 2. The molecule has 1 nitrogen and oxygen atoms in total. The fraction of sp³-hybridized carbons (Fsp3) is 0.222. The maximum Gasteiger partial charge on any atom is 0.00767 e. The molecule has 19 heavy (non-hydrogen) atoms. The Bertz CT molecular complexity index is 566. The highest BCUT2D eigenvalue weighted by Crippen LogP contribution is 2.28. The molecule has 1 unspecified atom stereocenters. The molecule has 0 aliphatic heterocycles. The Morgan fingerprint density at radius 3 is 2.05 bits per heavy atom. The van der Waals surface area contributed by atoms with Crippen LogP contribution in [0.5, 0.6) is 0 Å². The molecule has 0 saturated carbocycles. The molecule has 0 saturated heterocycles. The Hall–Kier alpha value is -1.86. The first-order valence-electron chi connectivity index (χ1n) is 6.93. The third kappa shape index (κ3) is 2.77. The summed E-state index contributed by atoms with van der Waals surface area (Å²) in [5.41, 5.74) is 11.3. The van der Waals surface area contributed by atoms with Crippen LogP contribution in [0.1, 0.15) is 24.8 Å². The summed E-state index contributed by atoms with van der Waals surface area (Å²) in [5, 5.41) is 0. The molecule has 0 bridgehead atoms. The molecule has 0 spiro atoms. The third-order valence-electron chi connectivity index (χ3n) is 3.81. The molecule has 2 N–H and O–H groups in total. The second kappa shape index (κ2) is 5.41. The first kappa shape index (κ1) is 12.2. The molecule has 3 rings (SSSR count). The van der Waals surface area contributed by atoms with Gasteiger partial charge in [-0.25, -0.2) is 0 Å².